The van der Waals surface area contributed by atoms with Crippen LogP contribution in [-0.2, 0) is 0 Å². The van der Waals surface area contributed by atoms with Gasteiger partial charge in [-0.3, -0.25) is 0 Å². The number of hydrogen-bond acceptors (Lipinski definition) is 2. The zero-order chi connectivity index (χ0) is 14.8. The van der Waals surface area contributed by atoms with E-state index in [-0.39, 0.29) is 0 Å². The molecule has 1 heterocycles. The molecule has 1 aromatic carbocycles. The van der Waals surface area contributed by atoms with Crippen LogP contribution in [0.2, 0.25) is 0 Å². The van der Waals surface area contributed by atoms with E-state index in [1.54, 1.807) is 0 Å². The van der Waals surface area contributed by atoms with Crippen LogP contribution in [0, 0.1) is 0 Å². The molecular formula is C19H31NO. The van der Waals surface area contributed by atoms with Crippen molar-refractivity contribution in [2.75, 3.05) is 19.7 Å². The van der Waals surface area contributed by atoms with E-state index < -0.39 is 0 Å². The summed E-state index contributed by atoms with van der Waals surface area (Å²) in [7, 11) is 0. The molecule has 2 rings (SSSR count). The smallest absolute Gasteiger partial charge is 0.122 e. The number of nitrogens with one attached hydrogen (secondary N) is 1. The summed E-state index contributed by atoms with van der Waals surface area (Å²) in [6.07, 6.45) is 11.1. The first-order chi connectivity index (χ1) is 10.4. The Bertz CT molecular complexity index is 391. The average Bonchev–Trinajstić information content (AvgIpc) is 2.92. The predicted molar refractivity (Wildman–Crippen MR) is 90.2 cm³/mol. The molecule has 118 valence electrons. The monoisotopic (exact) mass is 289 g/mol. The van der Waals surface area contributed by atoms with Crippen molar-refractivity contribution in [3.05, 3.63) is 29.8 Å². The lowest BCUT2D eigenvalue weighted by molar-refractivity contribution is 0.326. The Morgan fingerprint density at radius 1 is 1.00 bits per heavy atom. The lowest BCUT2D eigenvalue weighted by Crippen LogP contribution is -2.23. The van der Waals surface area contributed by atoms with Crippen LogP contribution in [0.5, 0.6) is 5.75 Å². The molecule has 21 heavy (non-hydrogen) atoms. The van der Waals surface area contributed by atoms with Gasteiger partial charge in [0.05, 0.1) is 6.61 Å². The fourth-order valence-electron chi connectivity index (χ4n) is 3.06. The minimum absolute atomic E-state index is 0.537. The molecule has 0 saturated carbocycles. The Kier molecular flexibility index (Phi) is 7.66. The van der Waals surface area contributed by atoms with E-state index in [1.165, 1.54) is 56.9 Å². The fraction of sp³-hybridized carbons (Fsp3) is 0.684. The highest BCUT2D eigenvalue weighted by Crippen LogP contribution is 2.32. The number of rotatable bonds is 11. The molecule has 0 spiro atoms. The molecule has 0 bridgehead atoms. The van der Waals surface area contributed by atoms with Crippen LogP contribution in [-0.4, -0.2) is 19.7 Å². The number of benzene rings is 1. The van der Waals surface area contributed by atoms with E-state index in [0.717, 1.165) is 25.4 Å². The first kappa shape index (κ1) is 16.4. The first-order valence-corrected chi connectivity index (χ1v) is 8.84. The van der Waals surface area contributed by atoms with Crippen molar-refractivity contribution in [2.45, 2.75) is 64.2 Å². The van der Waals surface area contributed by atoms with Crippen LogP contribution in [0.25, 0.3) is 0 Å². The highest BCUT2D eigenvalue weighted by Gasteiger charge is 2.22. The van der Waals surface area contributed by atoms with Crippen LogP contribution < -0.4 is 10.1 Å². The van der Waals surface area contributed by atoms with Crippen molar-refractivity contribution < 1.29 is 4.74 Å². The van der Waals surface area contributed by atoms with Gasteiger partial charge in [-0.25, -0.2) is 0 Å². The molecule has 1 N–H and O–H groups in total. The number of ether oxygens (including phenoxy) is 1. The minimum Gasteiger partial charge on any atom is -0.493 e. The number of fused-ring (bicyclic) bond motifs is 1. The molecule has 2 nitrogen and oxygen atoms in total. The summed E-state index contributed by atoms with van der Waals surface area (Å²) in [6, 6.07) is 8.44. The third-order valence-corrected chi connectivity index (χ3v) is 4.40. The molecule has 2 heteroatoms. The second-order valence-electron chi connectivity index (χ2n) is 6.22. The van der Waals surface area contributed by atoms with Crippen molar-refractivity contribution in [3.8, 4) is 5.75 Å². The topological polar surface area (TPSA) is 21.3 Å². The van der Waals surface area contributed by atoms with Gasteiger partial charge < -0.3 is 10.1 Å². The van der Waals surface area contributed by atoms with Gasteiger partial charge >= 0.3 is 0 Å². The zero-order valence-electron chi connectivity index (χ0n) is 13.6. The molecule has 0 radical (unpaired) electrons. The van der Waals surface area contributed by atoms with Crippen molar-refractivity contribution >= 4 is 0 Å². The molecule has 0 amide bonds. The van der Waals surface area contributed by atoms with Crippen molar-refractivity contribution in [1.82, 2.24) is 5.32 Å². The van der Waals surface area contributed by atoms with Crippen LogP contribution in [0.3, 0.4) is 0 Å². The SMILES string of the molecule is CCCCCCCCCCNCC1COc2ccccc21. The third kappa shape index (κ3) is 5.70. The molecule has 0 aliphatic carbocycles. The van der Waals surface area contributed by atoms with Crippen LogP contribution in [0.4, 0.5) is 0 Å². The van der Waals surface area contributed by atoms with E-state index in [9.17, 15) is 0 Å². The van der Waals surface area contributed by atoms with E-state index in [0.29, 0.717) is 5.92 Å². The van der Waals surface area contributed by atoms with Gasteiger partial charge in [0.1, 0.15) is 5.75 Å². The zero-order valence-corrected chi connectivity index (χ0v) is 13.6. The molecule has 0 saturated heterocycles. The summed E-state index contributed by atoms with van der Waals surface area (Å²) in [5.74, 6) is 1.62. The molecule has 1 unspecified atom stereocenters. The van der Waals surface area contributed by atoms with E-state index in [2.05, 4.69) is 36.5 Å². The third-order valence-electron chi connectivity index (χ3n) is 4.40. The molecule has 0 aromatic heterocycles. The lowest BCUT2D eigenvalue weighted by Gasteiger charge is -2.10. The fourth-order valence-corrected chi connectivity index (χ4v) is 3.06. The predicted octanol–water partition coefficient (Wildman–Crippen LogP) is 4.89. The summed E-state index contributed by atoms with van der Waals surface area (Å²) in [5, 5.41) is 3.60. The quantitative estimate of drug-likeness (QED) is 0.585. The Labute approximate surface area is 130 Å². The summed E-state index contributed by atoms with van der Waals surface area (Å²) >= 11 is 0. The van der Waals surface area contributed by atoms with Gasteiger partial charge in [-0.15, -0.1) is 0 Å². The molecule has 1 aromatic rings. The molecule has 0 fully saturated rings. The van der Waals surface area contributed by atoms with Crippen molar-refractivity contribution in [2.24, 2.45) is 0 Å². The second kappa shape index (κ2) is 9.83. The number of hydrogen-bond donors (Lipinski definition) is 1. The van der Waals surface area contributed by atoms with Crippen LogP contribution in [0.15, 0.2) is 24.3 Å². The van der Waals surface area contributed by atoms with E-state index in [4.69, 9.17) is 4.74 Å². The van der Waals surface area contributed by atoms with Gasteiger partial charge in [-0.05, 0) is 19.0 Å². The van der Waals surface area contributed by atoms with Crippen LogP contribution in [0.1, 0.15) is 69.8 Å². The standard InChI is InChI=1S/C19H31NO/c1-2-3-4-5-6-7-8-11-14-20-15-17-16-21-19-13-10-9-12-18(17)19/h9-10,12-13,17,20H,2-8,11,14-16H2,1H3. The van der Waals surface area contributed by atoms with Gasteiger partial charge in [0.2, 0.25) is 0 Å². The highest BCUT2D eigenvalue weighted by atomic mass is 16.5. The van der Waals surface area contributed by atoms with Crippen molar-refractivity contribution in [3.63, 3.8) is 0 Å². The molecule has 1 aliphatic heterocycles. The van der Waals surface area contributed by atoms with Gasteiger partial charge in [-0.2, -0.15) is 0 Å². The van der Waals surface area contributed by atoms with Gasteiger partial charge in [0, 0.05) is 18.0 Å². The Morgan fingerprint density at radius 2 is 1.71 bits per heavy atom. The Morgan fingerprint density at radius 3 is 2.52 bits per heavy atom. The normalized spacial score (nSPS) is 16.7. The van der Waals surface area contributed by atoms with E-state index >= 15 is 0 Å². The average molecular weight is 289 g/mol. The molecular weight excluding hydrogens is 258 g/mol. The number of para-hydroxylation sites is 1. The summed E-state index contributed by atoms with van der Waals surface area (Å²) in [6.45, 7) is 5.31. The Balaban J connectivity index is 1.46. The summed E-state index contributed by atoms with van der Waals surface area (Å²) in [5.41, 5.74) is 1.38. The molecule has 1 aliphatic rings. The lowest BCUT2D eigenvalue weighted by atomic mass is 10.0. The Hall–Kier alpha value is -1.02. The van der Waals surface area contributed by atoms with Gasteiger partial charge in [0.25, 0.3) is 0 Å². The number of unbranched alkanes of at least 4 members (excludes halogenated alkanes) is 7. The largest absolute Gasteiger partial charge is 0.493 e. The van der Waals surface area contributed by atoms with Crippen LogP contribution >= 0.6 is 0 Å². The van der Waals surface area contributed by atoms with Gasteiger partial charge in [-0.1, -0.05) is 70.1 Å². The maximum absolute atomic E-state index is 5.71. The second-order valence-corrected chi connectivity index (χ2v) is 6.22. The van der Waals surface area contributed by atoms with Gasteiger partial charge in [0.15, 0.2) is 0 Å². The minimum atomic E-state index is 0.537. The highest BCUT2D eigenvalue weighted by molar-refractivity contribution is 5.39. The van der Waals surface area contributed by atoms with Crippen molar-refractivity contribution in [1.29, 1.82) is 0 Å². The van der Waals surface area contributed by atoms with E-state index in [1.807, 2.05) is 0 Å². The summed E-state index contributed by atoms with van der Waals surface area (Å²) < 4.78 is 5.71. The first-order valence-electron chi connectivity index (χ1n) is 8.84. The maximum Gasteiger partial charge on any atom is 0.122 e. The molecule has 1 atom stereocenters. The maximum atomic E-state index is 5.71. The summed E-state index contributed by atoms with van der Waals surface area (Å²) in [4.78, 5) is 0.